The molecule has 1 saturated carbocycles. The zero-order valence-corrected chi connectivity index (χ0v) is 11.6. The summed E-state index contributed by atoms with van der Waals surface area (Å²) in [5.41, 5.74) is 0. The average molecular weight is 262 g/mol. The number of rotatable bonds is 7. The molecule has 1 aliphatic rings. The van der Waals surface area contributed by atoms with E-state index in [-0.39, 0.29) is 18.3 Å². The lowest BCUT2D eigenvalue weighted by atomic mass is 10.0. The second kappa shape index (κ2) is 7.17. The maximum Gasteiger partial charge on any atom is 0.173 e. The van der Waals surface area contributed by atoms with E-state index in [0.29, 0.717) is 0 Å². The van der Waals surface area contributed by atoms with Crippen LogP contribution in [-0.2, 0) is 4.79 Å². The molecule has 19 heavy (non-hydrogen) atoms. The predicted octanol–water partition coefficient (Wildman–Crippen LogP) is 3.61. The summed E-state index contributed by atoms with van der Waals surface area (Å²) < 4.78 is 11.0. The fourth-order valence-electron chi connectivity index (χ4n) is 2.37. The van der Waals surface area contributed by atoms with Crippen LogP contribution in [0.1, 0.15) is 39.0 Å². The highest BCUT2D eigenvalue weighted by atomic mass is 16.5. The fraction of sp³-hybridized carbons (Fsp3) is 0.562. The molecular formula is C16H22O3. The molecule has 0 aromatic heterocycles. The van der Waals surface area contributed by atoms with E-state index in [0.717, 1.165) is 37.4 Å². The standard InChI is InChI=1S/C16H22O3/c1-2-11-18-14-7-9-15(10-8-14)19-12-16(17)13-5-3-4-6-13/h7-10,13H,2-6,11-12H2,1H3. The second-order valence-electron chi connectivity index (χ2n) is 5.06. The van der Waals surface area contributed by atoms with Gasteiger partial charge in [-0.15, -0.1) is 0 Å². The maximum atomic E-state index is 11.9. The molecule has 3 heteroatoms. The molecule has 3 nitrogen and oxygen atoms in total. The SMILES string of the molecule is CCCOc1ccc(OCC(=O)C2CCCC2)cc1. The molecule has 0 N–H and O–H groups in total. The van der Waals surface area contributed by atoms with Gasteiger partial charge in [-0.1, -0.05) is 19.8 Å². The third-order valence-electron chi connectivity index (χ3n) is 3.49. The van der Waals surface area contributed by atoms with E-state index >= 15 is 0 Å². The van der Waals surface area contributed by atoms with Gasteiger partial charge in [0.15, 0.2) is 5.78 Å². The van der Waals surface area contributed by atoms with Crippen LogP contribution in [0.15, 0.2) is 24.3 Å². The number of hydrogen-bond acceptors (Lipinski definition) is 3. The lowest BCUT2D eigenvalue weighted by Gasteiger charge is -2.10. The van der Waals surface area contributed by atoms with E-state index in [4.69, 9.17) is 9.47 Å². The normalized spacial score (nSPS) is 15.4. The first-order valence-corrected chi connectivity index (χ1v) is 7.18. The van der Waals surface area contributed by atoms with Crippen LogP contribution in [0.3, 0.4) is 0 Å². The van der Waals surface area contributed by atoms with E-state index in [1.54, 1.807) is 0 Å². The minimum absolute atomic E-state index is 0.194. The minimum atomic E-state index is 0.194. The highest BCUT2D eigenvalue weighted by molar-refractivity contribution is 5.82. The number of benzene rings is 1. The largest absolute Gasteiger partial charge is 0.494 e. The number of ether oxygens (including phenoxy) is 2. The molecule has 0 bridgehead atoms. The molecule has 0 spiro atoms. The number of hydrogen-bond donors (Lipinski definition) is 0. The Morgan fingerprint density at radius 2 is 1.68 bits per heavy atom. The molecule has 2 rings (SSSR count). The maximum absolute atomic E-state index is 11.9. The van der Waals surface area contributed by atoms with Crippen molar-refractivity contribution in [2.75, 3.05) is 13.2 Å². The van der Waals surface area contributed by atoms with Gasteiger partial charge in [0.1, 0.15) is 18.1 Å². The molecule has 0 saturated heterocycles. The molecule has 0 aliphatic heterocycles. The fourth-order valence-corrected chi connectivity index (χ4v) is 2.37. The van der Waals surface area contributed by atoms with Crippen LogP contribution in [0.5, 0.6) is 11.5 Å². The Balaban J connectivity index is 1.77. The first-order valence-electron chi connectivity index (χ1n) is 7.18. The lowest BCUT2D eigenvalue weighted by molar-refractivity contribution is -0.124. The smallest absolute Gasteiger partial charge is 0.173 e. The van der Waals surface area contributed by atoms with Gasteiger partial charge in [0.05, 0.1) is 6.61 Å². The summed E-state index contributed by atoms with van der Waals surface area (Å²) in [4.78, 5) is 11.9. The van der Waals surface area contributed by atoms with Crippen molar-refractivity contribution in [3.63, 3.8) is 0 Å². The first kappa shape index (κ1) is 13.9. The van der Waals surface area contributed by atoms with Crippen LogP contribution < -0.4 is 9.47 Å². The van der Waals surface area contributed by atoms with Crippen molar-refractivity contribution >= 4 is 5.78 Å². The van der Waals surface area contributed by atoms with E-state index in [1.165, 1.54) is 12.8 Å². The van der Waals surface area contributed by atoms with Gasteiger partial charge in [0.25, 0.3) is 0 Å². The van der Waals surface area contributed by atoms with E-state index < -0.39 is 0 Å². The van der Waals surface area contributed by atoms with E-state index in [2.05, 4.69) is 6.92 Å². The monoisotopic (exact) mass is 262 g/mol. The summed E-state index contributed by atoms with van der Waals surface area (Å²) in [7, 11) is 0. The summed E-state index contributed by atoms with van der Waals surface area (Å²) in [5.74, 6) is 2.04. The lowest BCUT2D eigenvalue weighted by Crippen LogP contribution is -2.19. The molecule has 0 unspecified atom stereocenters. The third-order valence-corrected chi connectivity index (χ3v) is 3.49. The van der Waals surface area contributed by atoms with Gasteiger partial charge in [0.2, 0.25) is 0 Å². The summed E-state index contributed by atoms with van der Waals surface area (Å²) in [6.45, 7) is 2.99. The van der Waals surface area contributed by atoms with Crippen molar-refractivity contribution in [2.24, 2.45) is 5.92 Å². The zero-order valence-electron chi connectivity index (χ0n) is 11.6. The molecule has 0 radical (unpaired) electrons. The van der Waals surface area contributed by atoms with Crippen molar-refractivity contribution in [2.45, 2.75) is 39.0 Å². The predicted molar refractivity (Wildman–Crippen MR) is 74.7 cm³/mol. The van der Waals surface area contributed by atoms with Crippen LogP contribution in [0, 0.1) is 5.92 Å². The van der Waals surface area contributed by atoms with Crippen LogP contribution in [-0.4, -0.2) is 19.0 Å². The van der Waals surface area contributed by atoms with Crippen LogP contribution in [0.2, 0.25) is 0 Å². The van der Waals surface area contributed by atoms with E-state index in [9.17, 15) is 4.79 Å². The highest BCUT2D eigenvalue weighted by Gasteiger charge is 2.22. The Morgan fingerprint density at radius 1 is 1.11 bits per heavy atom. The zero-order chi connectivity index (χ0) is 13.5. The van der Waals surface area contributed by atoms with Gasteiger partial charge in [0, 0.05) is 5.92 Å². The minimum Gasteiger partial charge on any atom is -0.494 e. The van der Waals surface area contributed by atoms with Gasteiger partial charge >= 0.3 is 0 Å². The van der Waals surface area contributed by atoms with E-state index in [1.807, 2.05) is 24.3 Å². The Labute approximate surface area is 114 Å². The van der Waals surface area contributed by atoms with Crippen LogP contribution in [0.4, 0.5) is 0 Å². The average Bonchev–Trinajstić information content (AvgIpc) is 2.98. The summed E-state index contributed by atoms with van der Waals surface area (Å²) in [6.07, 6.45) is 5.42. The molecule has 0 heterocycles. The molecule has 0 atom stereocenters. The third kappa shape index (κ3) is 4.27. The Bertz CT molecular complexity index is 391. The summed E-state index contributed by atoms with van der Waals surface area (Å²) in [6, 6.07) is 7.47. The quantitative estimate of drug-likeness (QED) is 0.753. The van der Waals surface area contributed by atoms with Gasteiger partial charge in [-0.3, -0.25) is 4.79 Å². The molecular weight excluding hydrogens is 240 g/mol. The number of ketones is 1. The van der Waals surface area contributed by atoms with Gasteiger partial charge in [-0.2, -0.15) is 0 Å². The van der Waals surface area contributed by atoms with Gasteiger partial charge in [-0.05, 0) is 43.5 Å². The topological polar surface area (TPSA) is 35.5 Å². The van der Waals surface area contributed by atoms with Crippen molar-refractivity contribution in [1.29, 1.82) is 0 Å². The highest BCUT2D eigenvalue weighted by Crippen LogP contribution is 2.26. The summed E-state index contributed by atoms with van der Waals surface area (Å²) >= 11 is 0. The molecule has 104 valence electrons. The molecule has 0 amide bonds. The molecule has 1 fully saturated rings. The van der Waals surface area contributed by atoms with Crippen molar-refractivity contribution in [3.05, 3.63) is 24.3 Å². The molecule has 1 aromatic rings. The molecule has 1 aromatic carbocycles. The second-order valence-corrected chi connectivity index (χ2v) is 5.06. The van der Waals surface area contributed by atoms with Crippen molar-refractivity contribution in [3.8, 4) is 11.5 Å². The number of Topliss-reactive ketones (excluding diaryl/α,β-unsaturated/α-hetero) is 1. The number of carbonyl (C=O) groups is 1. The Kier molecular flexibility index (Phi) is 5.25. The molecule has 1 aliphatic carbocycles. The van der Waals surface area contributed by atoms with Crippen LogP contribution >= 0.6 is 0 Å². The Hall–Kier alpha value is -1.51. The first-order chi connectivity index (χ1) is 9.29. The van der Waals surface area contributed by atoms with Crippen molar-refractivity contribution < 1.29 is 14.3 Å². The van der Waals surface area contributed by atoms with Gasteiger partial charge < -0.3 is 9.47 Å². The van der Waals surface area contributed by atoms with Crippen LogP contribution in [0.25, 0.3) is 0 Å². The van der Waals surface area contributed by atoms with Gasteiger partial charge in [-0.25, -0.2) is 0 Å². The summed E-state index contributed by atoms with van der Waals surface area (Å²) in [5, 5.41) is 0. The number of carbonyl (C=O) groups excluding carboxylic acids is 1. The Morgan fingerprint density at radius 3 is 2.26 bits per heavy atom. The van der Waals surface area contributed by atoms with Crippen molar-refractivity contribution in [1.82, 2.24) is 0 Å².